The Labute approximate surface area is 166 Å². The molecule has 0 aliphatic carbocycles. The summed E-state index contributed by atoms with van der Waals surface area (Å²) in [7, 11) is 0. The van der Waals surface area contributed by atoms with Crippen LogP contribution < -0.4 is 16.0 Å². The number of carbonyl (C=O) groups is 2. The van der Waals surface area contributed by atoms with Crippen molar-refractivity contribution in [3.63, 3.8) is 0 Å². The summed E-state index contributed by atoms with van der Waals surface area (Å²) >= 11 is 5.14. The minimum atomic E-state index is -0.336. The summed E-state index contributed by atoms with van der Waals surface area (Å²) in [6, 6.07) is 15.4. The van der Waals surface area contributed by atoms with Crippen molar-refractivity contribution in [2.75, 3.05) is 24.2 Å². The molecular formula is C19H22BrN3O2S. The zero-order chi connectivity index (χ0) is 18.8. The molecule has 0 atom stereocenters. The molecule has 0 spiro atoms. The first-order valence-electron chi connectivity index (χ1n) is 8.30. The molecule has 0 saturated heterocycles. The van der Waals surface area contributed by atoms with Gasteiger partial charge in [0.2, 0.25) is 5.91 Å². The lowest BCUT2D eigenvalue weighted by Crippen LogP contribution is -2.40. The van der Waals surface area contributed by atoms with Crippen molar-refractivity contribution in [3.8, 4) is 0 Å². The number of benzene rings is 2. The number of hydrogen-bond donors (Lipinski definition) is 3. The van der Waals surface area contributed by atoms with E-state index in [0.29, 0.717) is 6.54 Å². The van der Waals surface area contributed by atoms with Gasteiger partial charge in [-0.1, -0.05) is 34.1 Å². The van der Waals surface area contributed by atoms with Gasteiger partial charge < -0.3 is 16.0 Å². The van der Waals surface area contributed by atoms with Gasteiger partial charge in [0.05, 0.1) is 6.54 Å². The van der Waals surface area contributed by atoms with Crippen LogP contribution in [0.5, 0.6) is 0 Å². The van der Waals surface area contributed by atoms with Crippen LogP contribution in [0.1, 0.15) is 12.0 Å². The van der Waals surface area contributed by atoms with Gasteiger partial charge in [-0.25, -0.2) is 4.79 Å². The first kappa shape index (κ1) is 20.3. The molecule has 0 unspecified atom stereocenters. The predicted molar refractivity (Wildman–Crippen MR) is 111 cm³/mol. The van der Waals surface area contributed by atoms with Crippen molar-refractivity contribution in [2.45, 2.75) is 18.2 Å². The average molecular weight is 436 g/mol. The van der Waals surface area contributed by atoms with Gasteiger partial charge in [0.1, 0.15) is 0 Å². The fourth-order valence-corrected chi connectivity index (χ4v) is 3.52. The quantitative estimate of drug-likeness (QED) is 0.430. The lowest BCUT2D eigenvalue weighted by Gasteiger charge is -2.10. The molecule has 5 nitrogen and oxygen atoms in total. The standard InChI is InChI=1S/C19H22BrN3O2S/c1-14-12-15(20)8-9-17(14)23-18(24)13-22-19(25)21-10-5-11-26-16-6-3-2-4-7-16/h2-4,6-9,12H,5,10-11,13H2,1H3,(H,23,24)(H2,21,22,25). The van der Waals surface area contributed by atoms with Crippen LogP contribution in [0.4, 0.5) is 10.5 Å². The Kier molecular flexibility index (Phi) is 8.50. The summed E-state index contributed by atoms with van der Waals surface area (Å²) in [6.45, 7) is 2.41. The van der Waals surface area contributed by atoms with Crippen LogP contribution in [0.25, 0.3) is 0 Å². The zero-order valence-electron chi connectivity index (χ0n) is 14.5. The van der Waals surface area contributed by atoms with E-state index in [-0.39, 0.29) is 18.5 Å². The van der Waals surface area contributed by atoms with E-state index in [1.807, 2.05) is 43.3 Å². The van der Waals surface area contributed by atoms with E-state index in [1.165, 1.54) is 4.90 Å². The minimum absolute atomic E-state index is 0.0693. The second-order valence-corrected chi connectivity index (χ2v) is 7.72. The first-order valence-corrected chi connectivity index (χ1v) is 10.1. The highest BCUT2D eigenvalue weighted by molar-refractivity contribution is 9.10. The zero-order valence-corrected chi connectivity index (χ0v) is 17.0. The van der Waals surface area contributed by atoms with Crippen LogP contribution in [0.15, 0.2) is 57.9 Å². The van der Waals surface area contributed by atoms with Crippen LogP contribution in [-0.4, -0.2) is 30.8 Å². The molecule has 2 rings (SSSR count). The third-order valence-corrected chi connectivity index (χ3v) is 5.08. The Balaban J connectivity index is 1.58. The van der Waals surface area contributed by atoms with E-state index in [9.17, 15) is 9.59 Å². The first-order chi connectivity index (χ1) is 12.5. The molecule has 138 valence electrons. The van der Waals surface area contributed by atoms with E-state index in [2.05, 4.69) is 44.0 Å². The Morgan fingerprint density at radius 1 is 1.08 bits per heavy atom. The Morgan fingerprint density at radius 3 is 2.58 bits per heavy atom. The maximum atomic E-state index is 11.9. The number of rotatable bonds is 8. The molecule has 3 amide bonds. The van der Waals surface area contributed by atoms with Crippen LogP contribution in [-0.2, 0) is 4.79 Å². The maximum absolute atomic E-state index is 11.9. The molecule has 0 heterocycles. The highest BCUT2D eigenvalue weighted by Crippen LogP contribution is 2.19. The number of hydrogen-bond acceptors (Lipinski definition) is 3. The minimum Gasteiger partial charge on any atom is -0.338 e. The molecule has 0 aliphatic heterocycles. The van der Waals surface area contributed by atoms with Crippen LogP contribution in [0.3, 0.4) is 0 Å². The smallest absolute Gasteiger partial charge is 0.315 e. The monoisotopic (exact) mass is 435 g/mol. The molecule has 26 heavy (non-hydrogen) atoms. The van der Waals surface area contributed by atoms with Crippen molar-refractivity contribution < 1.29 is 9.59 Å². The average Bonchev–Trinajstić information content (AvgIpc) is 2.63. The van der Waals surface area contributed by atoms with E-state index >= 15 is 0 Å². The molecule has 3 N–H and O–H groups in total. The number of anilines is 1. The Bertz CT molecular complexity index is 741. The number of amides is 3. The molecule has 0 bridgehead atoms. The molecule has 0 aromatic heterocycles. The largest absolute Gasteiger partial charge is 0.338 e. The van der Waals surface area contributed by atoms with Gasteiger partial charge in [-0.2, -0.15) is 0 Å². The molecule has 0 aliphatic rings. The van der Waals surface area contributed by atoms with Crippen molar-refractivity contribution in [1.82, 2.24) is 10.6 Å². The molecule has 7 heteroatoms. The van der Waals surface area contributed by atoms with Gasteiger partial charge in [-0.15, -0.1) is 11.8 Å². The van der Waals surface area contributed by atoms with Gasteiger partial charge >= 0.3 is 6.03 Å². The molecular weight excluding hydrogens is 414 g/mol. The van der Waals surface area contributed by atoms with E-state index < -0.39 is 0 Å². The number of nitrogens with one attached hydrogen (secondary N) is 3. The van der Waals surface area contributed by atoms with Crippen molar-refractivity contribution >= 4 is 45.3 Å². The molecule has 2 aromatic rings. The van der Waals surface area contributed by atoms with E-state index in [4.69, 9.17) is 0 Å². The number of thioether (sulfide) groups is 1. The summed E-state index contributed by atoms with van der Waals surface area (Å²) in [5.41, 5.74) is 1.69. The number of halogens is 1. The molecule has 0 fully saturated rings. The normalized spacial score (nSPS) is 10.2. The highest BCUT2D eigenvalue weighted by Gasteiger charge is 2.07. The number of urea groups is 1. The summed E-state index contributed by atoms with van der Waals surface area (Å²) in [6.07, 6.45) is 0.858. The third-order valence-electron chi connectivity index (χ3n) is 3.49. The SMILES string of the molecule is Cc1cc(Br)ccc1NC(=O)CNC(=O)NCCCSc1ccccc1. The molecule has 0 radical (unpaired) electrons. The molecule has 2 aromatic carbocycles. The highest BCUT2D eigenvalue weighted by atomic mass is 79.9. The molecule has 0 saturated carbocycles. The van der Waals surface area contributed by atoms with Gasteiger partial charge in [0.25, 0.3) is 0 Å². The van der Waals surface area contributed by atoms with Crippen molar-refractivity contribution in [2.24, 2.45) is 0 Å². The summed E-state index contributed by atoms with van der Waals surface area (Å²) in [5, 5.41) is 8.10. The van der Waals surface area contributed by atoms with Gasteiger partial charge in [0, 0.05) is 21.6 Å². The second kappa shape index (κ2) is 10.9. The maximum Gasteiger partial charge on any atom is 0.315 e. The Morgan fingerprint density at radius 2 is 1.85 bits per heavy atom. The van der Waals surface area contributed by atoms with Crippen LogP contribution >= 0.6 is 27.7 Å². The van der Waals surface area contributed by atoms with Gasteiger partial charge in [-0.3, -0.25) is 4.79 Å². The fourth-order valence-electron chi connectivity index (χ4n) is 2.17. The number of aryl methyl sites for hydroxylation is 1. The van der Waals surface area contributed by atoms with Crippen molar-refractivity contribution in [3.05, 3.63) is 58.6 Å². The topological polar surface area (TPSA) is 70.2 Å². The third kappa shape index (κ3) is 7.49. The lowest BCUT2D eigenvalue weighted by molar-refractivity contribution is -0.115. The van der Waals surface area contributed by atoms with E-state index in [1.54, 1.807) is 11.8 Å². The van der Waals surface area contributed by atoms with Crippen molar-refractivity contribution in [1.29, 1.82) is 0 Å². The van der Waals surface area contributed by atoms with E-state index in [0.717, 1.165) is 27.9 Å². The van der Waals surface area contributed by atoms with Gasteiger partial charge in [-0.05, 0) is 55.0 Å². The van der Waals surface area contributed by atoms with Crippen LogP contribution in [0, 0.1) is 6.92 Å². The lowest BCUT2D eigenvalue weighted by atomic mass is 10.2. The van der Waals surface area contributed by atoms with Crippen LogP contribution in [0.2, 0.25) is 0 Å². The Hall–Kier alpha value is -1.99. The summed E-state index contributed by atoms with van der Waals surface area (Å²) < 4.78 is 0.955. The number of carbonyl (C=O) groups excluding carboxylic acids is 2. The summed E-state index contributed by atoms with van der Waals surface area (Å²) in [5.74, 6) is 0.665. The fraction of sp³-hybridized carbons (Fsp3) is 0.263. The summed E-state index contributed by atoms with van der Waals surface area (Å²) in [4.78, 5) is 24.9. The van der Waals surface area contributed by atoms with Gasteiger partial charge in [0.15, 0.2) is 0 Å². The second-order valence-electron chi connectivity index (χ2n) is 5.63. The predicted octanol–water partition coefficient (Wildman–Crippen LogP) is 4.18.